The molecule has 0 aliphatic carbocycles. The van der Waals surface area contributed by atoms with Crippen LogP contribution in [0.4, 0.5) is 11.4 Å². The maximum absolute atomic E-state index is 12.6. The van der Waals surface area contributed by atoms with Gasteiger partial charge in [0.05, 0.1) is 23.6 Å². The number of rotatable bonds is 6. The molecule has 0 bridgehead atoms. The average molecular weight is 423 g/mol. The standard InChI is InChI=1S/C20H23ClN2O4S/c1-13(2)12-27-19-7-5-16(11-17(19)21)22-20(24)15-4-6-18-14(10-15)8-9-23(18)28(3,25)26/h4-7,10-11,13H,8-9,12H2,1-3H3,(H,22,24). The monoisotopic (exact) mass is 422 g/mol. The number of ether oxygens (including phenoxy) is 1. The van der Waals surface area contributed by atoms with Crippen LogP contribution in [-0.4, -0.2) is 33.7 Å². The van der Waals surface area contributed by atoms with Crippen molar-refractivity contribution in [3.05, 3.63) is 52.5 Å². The number of anilines is 2. The van der Waals surface area contributed by atoms with Crippen LogP contribution in [0.2, 0.25) is 5.02 Å². The van der Waals surface area contributed by atoms with Crippen LogP contribution in [0.15, 0.2) is 36.4 Å². The normalized spacial score (nSPS) is 13.5. The molecule has 1 N–H and O–H groups in total. The van der Waals surface area contributed by atoms with E-state index in [1.807, 2.05) is 13.8 Å². The Hall–Kier alpha value is -2.25. The second-order valence-electron chi connectivity index (χ2n) is 7.23. The Labute approximate surface area is 170 Å². The molecule has 1 amide bonds. The molecule has 0 atom stereocenters. The summed E-state index contributed by atoms with van der Waals surface area (Å²) in [7, 11) is -3.31. The number of carbonyl (C=O) groups is 1. The van der Waals surface area contributed by atoms with Crippen LogP contribution in [0.3, 0.4) is 0 Å². The third-order valence-electron chi connectivity index (χ3n) is 4.36. The van der Waals surface area contributed by atoms with Crippen LogP contribution < -0.4 is 14.4 Å². The first-order valence-corrected chi connectivity index (χ1v) is 11.2. The topological polar surface area (TPSA) is 75.7 Å². The predicted molar refractivity (Wildman–Crippen MR) is 112 cm³/mol. The van der Waals surface area contributed by atoms with E-state index in [1.165, 1.54) is 10.6 Å². The lowest BCUT2D eigenvalue weighted by atomic mass is 10.1. The quantitative estimate of drug-likeness (QED) is 0.764. The first-order chi connectivity index (χ1) is 13.1. The number of fused-ring (bicyclic) bond motifs is 1. The molecule has 1 aliphatic heterocycles. The minimum Gasteiger partial charge on any atom is -0.492 e. The van der Waals surface area contributed by atoms with Gasteiger partial charge in [0.1, 0.15) is 5.75 Å². The summed E-state index contributed by atoms with van der Waals surface area (Å²) in [6.07, 6.45) is 1.76. The molecule has 3 rings (SSSR count). The largest absolute Gasteiger partial charge is 0.492 e. The zero-order chi connectivity index (χ0) is 20.5. The van der Waals surface area contributed by atoms with Crippen molar-refractivity contribution in [2.24, 2.45) is 5.92 Å². The molecule has 28 heavy (non-hydrogen) atoms. The summed E-state index contributed by atoms with van der Waals surface area (Å²) in [5.41, 5.74) is 2.50. The molecule has 150 valence electrons. The van der Waals surface area contributed by atoms with Crippen molar-refractivity contribution >= 4 is 38.9 Å². The summed E-state index contributed by atoms with van der Waals surface area (Å²) in [5.74, 6) is 0.674. The Morgan fingerprint density at radius 3 is 2.64 bits per heavy atom. The lowest BCUT2D eigenvalue weighted by molar-refractivity contribution is 0.102. The van der Waals surface area contributed by atoms with E-state index in [0.717, 1.165) is 5.56 Å². The summed E-state index contributed by atoms with van der Waals surface area (Å²) in [5, 5.41) is 3.24. The van der Waals surface area contributed by atoms with Crippen LogP contribution in [0.5, 0.6) is 5.75 Å². The van der Waals surface area contributed by atoms with E-state index in [2.05, 4.69) is 5.32 Å². The van der Waals surface area contributed by atoms with Gasteiger partial charge in [0.2, 0.25) is 10.0 Å². The number of benzene rings is 2. The van der Waals surface area contributed by atoms with E-state index in [-0.39, 0.29) is 5.91 Å². The van der Waals surface area contributed by atoms with Crippen LogP contribution in [0.1, 0.15) is 29.8 Å². The molecule has 0 aromatic heterocycles. The predicted octanol–water partition coefficient (Wildman–Crippen LogP) is 3.95. The molecule has 1 heterocycles. The van der Waals surface area contributed by atoms with E-state index in [0.29, 0.717) is 53.2 Å². The first kappa shape index (κ1) is 20.5. The maximum Gasteiger partial charge on any atom is 0.255 e. The molecular formula is C20H23ClN2O4S. The summed E-state index contributed by atoms with van der Waals surface area (Å²) in [4.78, 5) is 12.6. The highest BCUT2D eigenvalue weighted by atomic mass is 35.5. The minimum absolute atomic E-state index is 0.285. The molecule has 1 aliphatic rings. The molecule has 0 radical (unpaired) electrons. The highest BCUT2D eigenvalue weighted by Gasteiger charge is 2.26. The molecule has 0 saturated heterocycles. The van der Waals surface area contributed by atoms with E-state index in [4.69, 9.17) is 16.3 Å². The summed E-state index contributed by atoms with van der Waals surface area (Å²) < 4.78 is 30.6. The summed E-state index contributed by atoms with van der Waals surface area (Å²) in [6, 6.07) is 10.1. The fourth-order valence-electron chi connectivity index (χ4n) is 3.01. The van der Waals surface area contributed by atoms with Gasteiger partial charge in [0.15, 0.2) is 0 Å². The van der Waals surface area contributed by atoms with Crippen molar-refractivity contribution in [2.75, 3.05) is 29.0 Å². The van der Waals surface area contributed by atoms with Gasteiger partial charge in [-0.3, -0.25) is 9.10 Å². The van der Waals surface area contributed by atoms with Crippen LogP contribution in [0.25, 0.3) is 0 Å². The van der Waals surface area contributed by atoms with Crippen LogP contribution in [-0.2, 0) is 16.4 Å². The maximum atomic E-state index is 12.6. The van der Waals surface area contributed by atoms with Gasteiger partial charge in [-0.2, -0.15) is 0 Å². The zero-order valence-electron chi connectivity index (χ0n) is 16.0. The van der Waals surface area contributed by atoms with Crippen molar-refractivity contribution in [2.45, 2.75) is 20.3 Å². The Morgan fingerprint density at radius 1 is 1.25 bits per heavy atom. The van der Waals surface area contributed by atoms with Gasteiger partial charge in [0.25, 0.3) is 5.91 Å². The first-order valence-electron chi connectivity index (χ1n) is 8.99. The fraction of sp³-hybridized carbons (Fsp3) is 0.350. The molecule has 6 nitrogen and oxygen atoms in total. The van der Waals surface area contributed by atoms with Gasteiger partial charge in [-0.15, -0.1) is 0 Å². The number of halogens is 1. The average Bonchev–Trinajstić information content (AvgIpc) is 3.04. The number of nitrogens with one attached hydrogen (secondary N) is 1. The van der Waals surface area contributed by atoms with Crippen molar-refractivity contribution in [1.29, 1.82) is 0 Å². The molecule has 0 unspecified atom stereocenters. The number of hydrogen-bond acceptors (Lipinski definition) is 4. The Balaban J connectivity index is 1.73. The molecule has 0 spiro atoms. The van der Waals surface area contributed by atoms with Gasteiger partial charge in [-0.1, -0.05) is 25.4 Å². The minimum atomic E-state index is -3.31. The Kier molecular flexibility index (Phi) is 5.86. The highest BCUT2D eigenvalue weighted by Crippen LogP contribution is 2.31. The van der Waals surface area contributed by atoms with Crippen molar-refractivity contribution in [3.8, 4) is 5.75 Å². The van der Waals surface area contributed by atoms with E-state index >= 15 is 0 Å². The Bertz CT molecular complexity index is 1010. The second kappa shape index (κ2) is 8.01. The number of hydrogen-bond donors (Lipinski definition) is 1. The van der Waals surface area contributed by atoms with E-state index < -0.39 is 10.0 Å². The van der Waals surface area contributed by atoms with Gasteiger partial charge >= 0.3 is 0 Å². The van der Waals surface area contributed by atoms with Crippen LogP contribution in [0, 0.1) is 5.92 Å². The highest BCUT2D eigenvalue weighted by molar-refractivity contribution is 7.92. The van der Waals surface area contributed by atoms with Gasteiger partial charge in [0, 0.05) is 17.8 Å². The molecule has 8 heteroatoms. The Morgan fingerprint density at radius 2 is 2.00 bits per heavy atom. The molecule has 2 aromatic rings. The SMILES string of the molecule is CC(C)COc1ccc(NC(=O)c2ccc3c(c2)CCN3S(C)(=O)=O)cc1Cl. The van der Waals surface area contributed by atoms with Crippen molar-refractivity contribution in [1.82, 2.24) is 0 Å². The second-order valence-corrected chi connectivity index (χ2v) is 9.55. The number of sulfonamides is 1. The summed E-state index contributed by atoms with van der Waals surface area (Å²) >= 11 is 6.24. The van der Waals surface area contributed by atoms with Crippen LogP contribution >= 0.6 is 11.6 Å². The summed E-state index contributed by atoms with van der Waals surface area (Å²) in [6.45, 7) is 5.06. The molecule has 2 aromatic carbocycles. The fourth-order valence-corrected chi connectivity index (χ4v) is 4.21. The third-order valence-corrected chi connectivity index (χ3v) is 5.83. The number of carbonyl (C=O) groups excluding carboxylic acids is 1. The molecule has 0 fully saturated rings. The van der Waals surface area contributed by atoms with Crippen molar-refractivity contribution in [3.63, 3.8) is 0 Å². The smallest absolute Gasteiger partial charge is 0.255 e. The zero-order valence-corrected chi connectivity index (χ0v) is 17.6. The number of nitrogens with zero attached hydrogens (tertiary/aromatic N) is 1. The van der Waals surface area contributed by atoms with E-state index in [9.17, 15) is 13.2 Å². The number of amides is 1. The molecular weight excluding hydrogens is 400 g/mol. The van der Waals surface area contributed by atoms with E-state index in [1.54, 1.807) is 36.4 Å². The third kappa shape index (κ3) is 4.59. The lowest BCUT2D eigenvalue weighted by Gasteiger charge is -2.16. The molecule has 0 saturated carbocycles. The lowest BCUT2D eigenvalue weighted by Crippen LogP contribution is -2.27. The van der Waals surface area contributed by atoms with Gasteiger partial charge in [-0.25, -0.2) is 8.42 Å². The van der Waals surface area contributed by atoms with Gasteiger partial charge in [-0.05, 0) is 54.3 Å². The van der Waals surface area contributed by atoms with Gasteiger partial charge < -0.3 is 10.1 Å². The van der Waals surface area contributed by atoms with Crippen molar-refractivity contribution < 1.29 is 17.9 Å².